The number of para-hydroxylation sites is 1. The number of ether oxygens (including phenoxy) is 1. The van der Waals surface area contributed by atoms with Crippen molar-refractivity contribution in [1.29, 1.82) is 0 Å². The minimum Gasteiger partial charge on any atom is -0.496 e. The van der Waals surface area contributed by atoms with Gasteiger partial charge in [0, 0.05) is 12.5 Å². The summed E-state index contributed by atoms with van der Waals surface area (Å²) in [6.45, 7) is 3.71. The average molecular weight is 251 g/mol. The highest BCUT2D eigenvalue weighted by molar-refractivity contribution is 5.77. The van der Waals surface area contributed by atoms with Crippen molar-refractivity contribution < 1.29 is 14.6 Å². The smallest absolute Gasteiger partial charge is 0.220 e. The van der Waals surface area contributed by atoms with Gasteiger partial charge in [-0.3, -0.25) is 4.79 Å². The summed E-state index contributed by atoms with van der Waals surface area (Å²) in [6.07, 6.45) is 0.380. The SMILES string of the molecule is COc1ccccc1C(C)CC(=O)NC(C)CO. The molecule has 1 amide bonds. The Morgan fingerprint density at radius 2 is 2.06 bits per heavy atom. The van der Waals surface area contributed by atoms with E-state index in [0.717, 1.165) is 11.3 Å². The number of benzene rings is 1. The van der Waals surface area contributed by atoms with Crippen molar-refractivity contribution in [3.63, 3.8) is 0 Å². The first kappa shape index (κ1) is 14.5. The molecule has 0 aliphatic rings. The zero-order chi connectivity index (χ0) is 13.5. The van der Waals surface area contributed by atoms with Gasteiger partial charge in [-0.15, -0.1) is 0 Å². The van der Waals surface area contributed by atoms with Gasteiger partial charge in [-0.05, 0) is 24.5 Å². The molecule has 4 heteroatoms. The van der Waals surface area contributed by atoms with Crippen LogP contribution in [-0.4, -0.2) is 30.8 Å². The molecule has 100 valence electrons. The highest BCUT2D eigenvalue weighted by Crippen LogP contribution is 2.28. The number of amides is 1. The number of rotatable bonds is 6. The third kappa shape index (κ3) is 4.04. The quantitative estimate of drug-likeness (QED) is 0.809. The number of hydrogen-bond donors (Lipinski definition) is 2. The molecule has 0 bridgehead atoms. The molecule has 1 rings (SSSR count). The molecule has 1 aromatic rings. The zero-order valence-corrected chi connectivity index (χ0v) is 11.1. The second-order valence-corrected chi connectivity index (χ2v) is 4.50. The van der Waals surface area contributed by atoms with Crippen LogP contribution in [0.3, 0.4) is 0 Å². The Morgan fingerprint density at radius 1 is 1.39 bits per heavy atom. The first-order valence-electron chi connectivity index (χ1n) is 6.11. The van der Waals surface area contributed by atoms with Crippen molar-refractivity contribution in [3.8, 4) is 5.75 Å². The number of carbonyl (C=O) groups is 1. The molecule has 0 aliphatic carbocycles. The van der Waals surface area contributed by atoms with E-state index in [4.69, 9.17) is 9.84 Å². The Labute approximate surface area is 108 Å². The van der Waals surface area contributed by atoms with Gasteiger partial charge in [0.2, 0.25) is 5.91 Å². The van der Waals surface area contributed by atoms with Gasteiger partial charge in [-0.25, -0.2) is 0 Å². The maximum Gasteiger partial charge on any atom is 0.220 e. The maximum absolute atomic E-state index is 11.7. The van der Waals surface area contributed by atoms with Gasteiger partial charge in [0.15, 0.2) is 0 Å². The van der Waals surface area contributed by atoms with Crippen molar-refractivity contribution in [1.82, 2.24) is 5.32 Å². The summed E-state index contributed by atoms with van der Waals surface area (Å²) >= 11 is 0. The molecule has 0 aliphatic heterocycles. The van der Waals surface area contributed by atoms with E-state index in [9.17, 15) is 4.79 Å². The van der Waals surface area contributed by atoms with E-state index in [1.165, 1.54) is 0 Å². The van der Waals surface area contributed by atoms with Crippen LogP contribution in [0.15, 0.2) is 24.3 Å². The second kappa shape index (κ2) is 7.01. The third-order valence-corrected chi connectivity index (χ3v) is 2.84. The minimum atomic E-state index is -0.206. The summed E-state index contributed by atoms with van der Waals surface area (Å²) in [7, 11) is 1.62. The Kier molecular flexibility index (Phi) is 5.65. The topological polar surface area (TPSA) is 58.6 Å². The molecule has 1 aromatic carbocycles. The number of hydrogen-bond acceptors (Lipinski definition) is 3. The molecule has 0 saturated heterocycles. The van der Waals surface area contributed by atoms with Gasteiger partial charge in [0.25, 0.3) is 0 Å². The van der Waals surface area contributed by atoms with E-state index in [2.05, 4.69) is 5.32 Å². The maximum atomic E-state index is 11.7. The van der Waals surface area contributed by atoms with Crippen molar-refractivity contribution >= 4 is 5.91 Å². The van der Waals surface area contributed by atoms with Gasteiger partial charge in [-0.2, -0.15) is 0 Å². The summed E-state index contributed by atoms with van der Waals surface area (Å²) in [4.78, 5) is 11.7. The number of aliphatic hydroxyl groups excluding tert-OH is 1. The van der Waals surface area contributed by atoms with Crippen LogP contribution >= 0.6 is 0 Å². The van der Waals surface area contributed by atoms with Crippen LogP contribution in [-0.2, 0) is 4.79 Å². The molecule has 4 nitrogen and oxygen atoms in total. The van der Waals surface area contributed by atoms with E-state index in [1.807, 2.05) is 31.2 Å². The van der Waals surface area contributed by atoms with Crippen molar-refractivity contribution in [3.05, 3.63) is 29.8 Å². The van der Waals surface area contributed by atoms with E-state index >= 15 is 0 Å². The van der Waals surface area contributed by atoms with Gasteiger partial charge in [0.1, 0.15) is 5.75 Å². The van der Waals surface area contributed by atoms with Crippen LogP contribution in [0.1, 0.15) is 31.7 Å². The molecule has 2 unspecified atom stereocenters. The zero-order valence-electron chi connectivity index (χ0n) is 11.1. The fourth-order valence-corrected chi connectivity index (χ4v) is 1.84. The van der Waals surface area contributed by atoms with Crippen molar-refractivity contribution in [2.24, 2.45) is 0 Å². The predicted octanol–water partition coefficient (Wildman–Crippen LogP) is 1.69. The standard InChI is InChI=1S/C14H21NO3/c1-10(8-14(17)15-11(2)9-16)12-6-4-5-7-13(12)18-3/h4-7,10-11,16H,8-9H2,1-3H3,(H,15,17). The molecule has 0 fully saturated rings. The largest absolute Gasteiger partial charge is 0.496 e. The molecule has 0 saturated carbocycles. The lowest BCUT2D eigenvalue weighted by atomic mass is 9.96. The molecule has 0 aromatic heterocycles. The van der Waals surface area contributed by atoms with Gasteiger partial charge in [0.05, 0.1) is 13.7 Å². The monoisotopic (exact) mass is 251 g/mol. The number of methoxy groups -OCH3 is 1. The number of aliphatic hydroxyl groups is 1. The molecule has 0 spiro atoms. The lowest BCUT2D eigenvalue weighted by Gasteiger charge is -2.17. The Hall–Kier alpha value is -1.55. The lowest BCUT2D eigenvalue weighted by Crippen LogP contribution is -2.35. The Morgan fingerprint density at radius 3 is 2.67 bits per heavy atom. The Bertz CT molecular complexity index is 392. The lowest BCUT2D eigenvalue weighted by molar-refractivity contribution is -0.122. The van der Waals surface area contributed by atoms with E-state index in [1.54, 1.807) is 14.0 Å². The Balaban J connectivity index is 2.64. The summed E-state index contributed by atoms with van der Waals surface area (Å²) in [5.41, 5.74) is 1.02. The van der Waals surface area contributed by atoms with E-state index in [-0.39, 0.29) is 24.5 Å². The first-order chi connectivity index (χ1) is 8.58. The first-order valence-corrected chi connectivity index (χ1v) is 6.11. The summed E-state index contributed by atoms with van der Waals surface area (Å²) in [5, 5.41) is 11.6. The fraction of sp³-hybridized carbons (Fsp3) is 0.500. The van der Waals surface area contributed by atoms with Crippen LogP contribution in [0.2, 0.25) is 0 Å². The molecular weight excluding hydrogens is 230 g/mol. The second-order valence-electron chi connectivity index (χ2n) is 4.50. The average Bonchev–Trinajstić information content (AvgIpc) is 2.38. The summed E-state index contributed by atoms with van der Waals surface area (Å²) in [6, 6.07) is 7.49. The number of carbonyl (C=O) groups excluding carboxylic acids is 1. The molecule has 2 N–H and O–H groups in total. The van der Waals surface area contributed by atoms with Crippen LogP contribution < -0.4 is 10.1 Å². The third-order valence-electron chi connectivity index (χ3n) is 2.84. The highest BCUT2D eigenvalue weighted by Gasteiger charge is 2.15. The van der Waals surface area contributed by atoms with Crippen LogP contribution in [0.5, 0.6) is 5.75 Å². The van der Waals surface area contributed by atoms with Gasteiger partial charge < -0.3 is 15.2 Å². The summed E-state index contributed by atoms with van der Waals surface area (Å²) < 4.78 is 5.28. The predicted molar refractivity (Wildman–Crippen MR) is 70.7 cm³/mol. The van der Waals surface area contributed by atoms with Crippen LogP contribution in [0.4, 0.5) is 0 Å². The summed E-state index contributed by atoms with van der Waals surface area (Å²) in [5.74, 6) is 0.815. The van der Waals surface area contributed by atoms with Gasteiger partial charge >= 0.3 is 0 Å². The molecule has 0 radical (unpaired) electrons. The van der Waals surface area contributed by atoms with Crippen molar-refractivity contribution in [2.45, 2.75) is 32.2 Å². The number of nitrogens with one attached hydrogen (secondary N) is 1. The molecule has 18 heavy (non-hydrogen) atoms. The normalized spacial score (nSPS) is 13.8. The van der Waals surface area contributed by atoms with Crippen LogP contribution in [0, 0.1) is 0 Å². The molecular formula is C14H21NO3. The highest BCUT2D eigenvalue weighted by atomic mass is 16.5. The van der Waals surface area contributed by atoms with Gasteiger partial charge in [-0.1, -0.05) is 25.1 Å². The van der Waals surface area contributed by atoms with Crippen LogP contribution in [0.25, 0.3) is 0 Å². The minimum absolute atomic E-state index is 0.0468. The van der Waals surface area contributed by atoms with E-state index in [0.29, 0.717) is 6.42 Å². The molecule has 0 heterocycles. The van der Waals surface area contributed by atoms with Crippen molar-refractivity contribution in [2.75, 3.05) is 13.7 Å². The fourth-order valence-electron chi connectivity index (χ4n) is 1.84. The molecule has 2 atom stereocenters. The van der Waals surface area contributed by atoms with E-state index < -0.39 is 0 Å².